The summed E-state index contributed by atoms with van der Waals surface area (Å²) in [6.45, 7) is 1.59. The predicted molar refractivity (Wildman–Crippen MR) is 84.7 cm³/mol. The Morgan fingerprint density at radius 3 is 2.55 bits per heavy atom. The highest BCUT2D eigenvalue weighted by Gasteiger charge is 2.16. The maximum Gasteiger partial charge on any atom is 0.241 e. The molecule has 0 saturated heterocycles. The molecule has 22 heavy (non-hydrogen) atoms. The summed E-state index contributed by atoms with van der Waals surface area (Å²) >= 11 is 5.92. The molecule has 2 aromatic carbocycles. The fourth-order valence-corrected chi connectivity index (χ4v) is 3.19. The van der Waals surface area contributed by atoms with E-state index < -0.39 is 10.0 Å². The molecule has 0 unspecified atom stereocenters. The van der Waals surface area contributed by atoms with Crippen molar-refractivity contribution in [2.24, 2.45) is 0 Å². The van der Waals surface area contributed by atoms with Crippen molar-refractivity contribution in [1.82, 2.24) is 4.72 Å². The summed E-state index contributed by atoms with van der Waals surface area (Å²) in [5, 5.41) is 0.389. The first-order chi connectivity index (χ1) is 10.4. The van der Waals surface area contributed by atoms with Gasteiger partial charge in [-0.1, -0.05) is 29.5 Å². The fourth-order valence-electron chi connectivity index (χ4n) is 1.77. The van der Waals surface area contributed by atoms with E-state index in [1.165, 1.54) is 30.3 Å². The maximum atomic E-state index is 12.7. The van der Waals surface area contributed by atoms with Gasteiger partial charge < -0.3 is 0 Å². The van der Waals surface area contributed by atoms with Crippen LogP contribution in [0, 0.1) is 24.6 Å². The van der Waals surface area contributed by atoms with E-state index in [2.05, 4.69) is 16.6 Å². The van der Waals surface area contributed by atoms with E-state index in [1.54, 1.807) is 19.1 Å². The van der Waals surface area contributed by atoms with Crippen LogP contribution in [0.2, 0.25) is 5.02 Å². The molecule has 3 nitrogen and oxygen atoms in total. The minimum absolute atomic E-state index is 0.0499. The van der Waals surface area contributed by atoms with Crippen molar-refractivity contribution in [3.63, 3.8) is 0 Å². The molecule has 0 aliphatic rings. The summed E-state index contributed by atoms with van der Waals surface area (Å²) in [6, 6.07) is 10.3. The number of rotatable bonds is 3. The standard InChI is InChI=1S/C16H13ClFNO2S/c1-12-15(17)5-2-6-16(12)22(20,21)19-11-3-4-13-7-9-14(18)10-8-13/h2,5-10,19H,11H2,1H3. The van der Waals surface area contributed by atoms with Gasteiger partial charge in [0.2, 0.25) is 10.0 Å². The number of sulfonamides is 1. The van der Waals surface area contributed by atoms with Crippen molar-refractivity contribution < 1.29 is 12.8 Å². The van der Waals surface area contributed by atoms with Gasteiger partial charge in [0.25, 0.3) is 0 Å². The number of hydrogen-bond donors (Lipinski definition) is 1. The van der Waals surface area contributed by atoms with Crippen molar-refractivity contribution in [3.05, 3.63) is 64.4 Å². The summed E-state index contributed by atoms with van der Waals surface area (Å²) in [4.78, 5) is 0.128. The zero-order chi connectivity index (χ0) is 16.2. The van der Waals surface area contributed by atoms with Gasteiger partial charge in [0.05, 0.1) is 11.4 Å². The third-order valence-electron chi connectivity index (χ3n) is 2.94. The monoisotopic (exact) mass is 337 g/mol. The molecule has 114 valence electrons. The minimum atomic E-state index is -3.67. The van der Waals surface area contributed by atoms with E-state index in [1.807, 2.05) is 0 Å². The van der Waals surface area contributed by atoms with Crippen molar-refractivity contribution in [1.29, 1.82) is 0 Å². The van der Waals surface area contributed by atoms with Gasteiger partial charge in [-0.2, -0.15) is 4.72 Å². The first kappa shape index (κ1) is 16.5. The molecule has 0 aromatic heterocycles. The smallest absolute Gasteiger partial charge is 0.207 e. The number of halogens is 2. The highest BCUT2D eigenvalue weighted by atomic mass is 35.5. The van der Waals surface area contributed by atoms with Gasteiger partial charge in [-0.3, -0.25) is 0 Å². The predicted octanol–water partition coefficient (Wildman–Crippen LogP) is 3.12. The van der Waals surface area contributed by atoms with Crippen LogP contribution in [0.4, 0.5) is 4.39 Å². The average molecular weight is 338 g/mol. The SMILES string of the molecule is Cc1c(Cl)cccc1S(=O)(=O)NCC#Cc1ccc(F)cc1. The van der Waals surface area contributed by atoms with E-state index in [-0.39, 0.29) is 17.3 Å². The van der Waals surface area contributed by atoms with Crippen LogP contribution in [0.15, 0.2) is 47.4 Å². The van der Waals surface area contributed by atoms with Crippen LogP contribution in [0.3, 0.4) is 0 Å². The lowest BCUT2D eigenvalue weighted by molar-refractivity contribution is 0.585. The van der Waals surface area contributed by atoms with Crippen molar-refractivity contribution >= 4 is 21.6 Å². The Morgan fingerprint density at radius 2 is 1.86 bits per heavy atom. The molecule has 0 bridgehead atoms. The highest BCUT2D eigenvalue weighted by Crippen LogP contribution is 2.22. The molecule has 0 heterocycles. The molecular formula is C16H13ClFNO2S. The Labute approximate surface area is 134 Å². The van der Waals surface area contributed by atoms with E-state index in [9.17, 15) is 12.8 Å². The van der Waals surface area contributed by atoms with E-state index in [0.29, 0.717) is 16.1 Å². The van der Waals surface area contributed by atoms with E-state index in [4.69, 9.17) is 11.6 Å². The van der Waals surface area contributed by atoms with Crippen molar-refractivity contribution in [2.75, 3.05) is 6.54 Å². The molecule has 0 saturated carbocycles. The summed E-state index contributed by atoms with van der Waals surface area (Å²) < 4.78 is 39.5. The number of hydrogen-bond acceptors (Lipinski definition) is 2. The summed E-state index contributed by atoms with van der Waals surface area (Å²) in [7, 11) is -3.67. The third-order valence-corrected chi connectivity index (χ3v) is 4.89. The fraction of sp³-hybridized carbons (Fsp3) is 0.125. The second kappa shape index (κ2) is 6.93. The summed E-state index contributed by atoms with van der Waals surface area (Å²) in [5.74, 6) is 5.09. The average Bonchev–Trinajstić information content (AvgIpc) is 2.48. The molecule has 0 aliphatic heterocycles. The Balaban J connectivity index is 2.08. The van der Waals surface area contributed by atoms with Crippen LogP contribution >= 0.6 is 11.6 Å². The molecule has 0 spiro atoms. The molecule has 0 aliphatic carbocycles. The Morgan fingerprint density at radius 1 is 1.18 bits per heavy atom. The molecule has 6 heteroatoms. The summed E-state index contributed by atoms with van der Waals surface area (Å²) in [5.41, 5.74) is 1.10. The van der Waals surface area contributed by atoms with Gasteiger partial charge in [0.1, 0.15) is 5.82 Å². The molecular weight excluding hydrogens is 325 g/mol. The molecule has 0 atom stereocenters. The van der Waals surface area contributed by atoms with Crippen LogP contribution in [0.1, 0.15) is 11.1 Å². The first-order valence-electron chi connectivity index (χ1n) is 6.39. The van der Waals surface area contributed by atoms with Crippen LogP contribution < -0.4 is 4.72 Å². The van der Waals surface area contributed by atoms with Crippen LogP contribution in [-0.2, 0) is 10.0 Å². The van der Waals surface area contributed by atoms with E-state index in [0.717, 1.165) is 0 Å². The maximum absolute atomic E-state index is 12.7. The van der Waals surface area contributed by atoms with Gasteiger partial charge in [-0.15, -0.1) is 0 Å². The largest absolute Gasteiger partial charge is 0.241 e. The first-order valence-corrected chi connectivity index (χ1v) is 8.25. The zero-order valence-corrected chi connectivity index (χ0v) is 13.3. The van der Waals surface area contributed by atoms with Gasteiger partial charge in [-0.05, 0) is 48.9 Å². The minimum Gasteiger partial charge on any atom is -0.207 e. The lowest BCUT2D eigenvalue weighted by Crippen LogP contribution is -2.24. The van der Waals surface area contributed by atoms with Gasteiger partial charge in [0, 0.05) is 10.6 Å². The highest BCUT2D eigenvalue weighted by molar-refractivity contribution is 7.89. The third kappa shape index (κ3) is 4.08. The zero-order valence-electron chi connectivity index (χ0n) is 11.7. The second-order valence-electron chi connectivity index (χ2n) is 4.50. The normalized spacial score (nSPS) is 10.9. The molecule has 0 fully saturated rings. The van der Waals surface area contributed by atoms with Crippen molar-refractivity contribution in [3.8, 4) is 11.8 Å². The number of benzene rings is 2. The van der Waals surface area contributed by atoms with Crippen molar-refractivity contribution in [2.45, 2.75) is 11.8 Å². The van der Waals surface area contributed by atoms with Crippen LogP contribution in [0.5, 0.6) is 0 Å². The topological polar surface area (TPSA) is 46.2 Å². The number of nitrogens with one attached hydrogen (secondary N) is 1. The molecule has 2 aromatic rings. The lowest BCUT2D eigenvalue weighted by atomic mass is 10.2. The second-order valence-corrected chi connectivity index (χ2v) is 6.64. The quantitative estimate of drug-likeness (QED) is 0.875. The van der Waals surface area contributed by atoms with Gasteiger partial charge >= 0.3 is 0 Å². The van der Waals surface area contributed by atoms with Crippen LogP contribution in [-0.4, -0.2) is 15.0 Å². The van der Waals surface area contributed by atoms with Gasteiger partial charge in [-0.25, -0.2) is 12.8 Å². The molecule has 2 rings (SSSR count). The van der Waals surface area contributed by atoms with Gasteiger partial charge in [0.15, 0.2) is 0 Å². The summed E-state index contributed by atoms with van der Waals surface area (Å²) in [6.07, 6.45) is 0. The molecule has 0 amide bonds. The van der Waals surface area contributed by atoms with E-state index >= 15 is 0 Å². The lowest BCUT2D eigenvalue weighted by Gasteiger charge is -2.08. The molecule has 0 radical (unpaired) electrons. The van der Waals surface area contributed by atoms with Crippen LogP contribution in [0.25, 0.3) is 0 Å². The Kier molecular flexibility index (Phi) is 5.19. The Hall–Kier alpha value is -1.87. The molecule has 1 N–H and O–H groups in total. The Bertz CT molecular complexity index is 837.